The van der Waals surface area contributed by atoms with Crippen LogP contribution in [0.4, 0.5) is 5.82 Å². The fourth-order valence-corrected chi connectivity index (χ4v) is 2.51. The Kier molecular flexibility index (Phi) is 4.22. The van der Waals surface area contributed by atoms with Crippen molar-refractivity contribution in [2.75, 3.05) is 25.0 Å². The highest BCUT2D eigenvalue weighted by molar-refractivity contribution is 5.88. The zero-order valence-corrected chi connectivity index (χ0v) is 11.7. The average Bonchev–Trinajstić information content (AvgIpc) is 2.46. The monoisotopic (exact) mass is 277 g/mol. The maximum atomic E-state index is 11.6. The molecule has 2 rings (SSSR count). The van der Waals surface area contributed by atoms with E-state index in [1.54, 1.807) is 26.1 Å². The van der Waals surface area contributed by atoms with Crippen molar-refractivity contribution in [1.82, 2.24) is 10.3 Å². The maximum absolute atomic E-state index is 11.6. The Labute approximate surface area is 117 Å². The molecule has 1 amide bonds. The molecule has 0 radical (unpaired) electrons. The van der Waals surface area contributed by atoms with Crippen molar-refractivity contribution in [2.24, 2.45) is 5.92 Å². The van der Waals surface area contributed by atoms with Gasteiger partial charge in [-0.1, -0.05) is 0 Å². The van der Waals surface area contributed by atoms with Gasteiger partial charge in [-0.2, -0.15) is 0 Å². The first kappa shape index (κ1) is 14.3. The number of hydrogen-bond donors (Lipinski definition) is 2. The van der Waals surface area contributed by atoms with Crippen LogP contribution in [0.2, 0.25) is 0 Å². The normalized spacial score (nSPS) is 16.0. The third kappa shape index (κ3) is 3.07. The van der Waals surface area contributed by atoms with E-state index in [1.807, 2.05) is 4.90 Å². The molecule has 20 heavy (non-hydrogen) atoms. The molecule has 6 nitrogen and oxygen atoms in total. The van der Waals surface area contributed by atoms with Crippen LogP contribution in [0.25, 0.3) is 0 Å². The van der Waals surface area contributed by atoms with Gasteiger partial charge in [-0.3, -0.25) is 4.79 Å². The molecule has 108 valence electrons. The molecule has 1 saturated heterocycles. The molecule has 0 atom stereocenters. The molecule has 0 unspecified atom stereocenters. The van der Waals surface area contributed by atoms with Gasteiger partial charge < -0.3 is 15.3 Å². The van der Waals surface area contributed by atoms with Gasteiger partial charge in [0.15, 0.2) is 0 Å². The second-order valence-corrected chi connectivity index (χ2v) is 5.04. The predicted octanol–water partition coefficient (Wildman–Crippen LogP) is 1.05. The lowest BCUT2D eigenvalue weighted by atomic mass is 9.96. The van der Waals surface area contributed by atoms with Gasteiger partial charge in [0, 0.05) is 31.7 Å². The number of rotatable bonds is 3. The first-order valence-corrected chi connectivity index (χ1v) is 6.70. The molecule has 1 fully saturated rings. The lowest BCUT2D eigenvalue weighted by Crippen LogP contribution is -2.40. The topological polar surface area (TPSA) is 82.5 Å². The van der Waals surface area contributed by atoms with Crippen LogP contribution in [0.3, 0.4) is 0 Å². The molecule has 0 bridgehead atoms. The summed E-state index contributed by atoms with van der Waals surface area (Å²) in [6.45, 7) is 3.22. The molecular formula is C14H19N3O3. The number of carboxylic acid groups (broad SMARTS) is 1. The number of carbonyl (C=O) groups is 2. The summed E-state index contributed by atoms with van der Waals surface area (Å²) in [5.41, 5.74) is 0.939. The molecule has 0 aliphatic carbocycles. The van der Waals surface area contributed by atoms with Gasteiger partial charge >= 0.3 is 5.97 Å². The number of piperidine rings is 1. The third-order valence-electron chi connectivity index (χ3n) is 3.62. The number of nitrogens with zero attached hydrogens (tertiary/aromatic N) is 2. The molecule has 0 aromatic carbocycles. The van der Waals surface area contributed by atoms with Crippen LogP contribution in [0.1, 0.15) is 28.9 Å². The summed E-state index contributed by atoms with van der Waals surface area (Å²) in [5.74, 6) is -0.150. The second-order valence-electron chi connectivity index (χ2n) is 5.04. The molecule has 6 heteroatoms. The minimum Gasteiger partial charge on any atom is -0.478 e. The quantitative estimate of drug-likeness (QED) is 0.863. The number of pyridine rings is 1. The molecule has 1 aromatic rings. The Balaban J connectivity index is 2.10. The molecule has 1 aliphatic heterocycles. The number of carboxylic acids is 1. The van der Waals surface area contributed by atoms with Crippen LogP contribution in [0, 0.1) is 12.8 Å². The van der Waals surface area contributed by atoms with Crippen molar-refractivity contribution < 1.29 is 14.7 Å². The average molecular weight is 277 g/mol. The summed E-state index contributed by atoms with van der Waals surface area (Å²) in [6, 6.07) is 3.15. The van der Waals surface area contributed by atoms with Crippen LogP contribution in [0.5, 0.6) is 0 Å². The Morgan fingerprint density at radius 1 is 1.35 bits per heavy atom. The van der Waals surface area contributed by atoms with Crippen molar-refractivity contribution in [2.45, 2.75) is 19.8 Å². The van der Waals surface area contributed by atoms with E-state index in [4.69, 9.17) is 5.11 Å². The number of amides is 1. The van der Waals surface area contributed by atoms with Gasteiger partial charge in [0.1, 0.15) is 5.82 Å². The summed E-state index contributed by atoms with van der Waals surface area (Å²) >= 11 is 0. The van der Waals surface area contributed by atoms with E-state index in [2.05, 4.69) is 10.3 Å². The Morgan fingerprint density at radius 2 is 2.00 bits per heavy atom. The zero-order chi connectivity index (χ0) is 14.7. The lowest BCUT2D eigenvalue weighted by Gasteiger charge is -2.32. The number of aryl methyl sites for hydroxylation is 1. The summed E-state index contributed by atoms with van der Waals surface area (Å²) < 4.78 is 0. The molecule has 2 heterocycles. The minimum atomic E-state index is -0.947. The van der Waals surface area contributed by atoms with Gasteiger partial charge in [0.05, 0.1) is 5.56 Å². The highest BCUT2D eigenvalue weighted by atomic mass is 16.4. The van der Waals surface area contributed by atoms with Gasteiger partial charge in [0.25, 0.3) is 0 Å². The molecular weight excluding hydrogens is 258 g/mol. The Bertz CT molecular complexity index is 522. The number of aromatic carboxylic acids is 1. The van der Waals surface area contributed by atoms with E-state index < -0.39 is 5.97 Å². The highest BCUT2D eigenvalue weighted by Crippen LogP contribution is 2.23. The van der Waals surface area contributed by atoms with Gasteiger partial charge in [-0.05, 0) is 31.9 Å². The van der Waals surface area contributed by atoms with E-state index in [0.717, 1.165) is 12.8 Å². The Hall–Kier alpha value is -2.11. The fraction of sp³-hybridized carbons (Fsp3) is 0.500. The smallest absolute Gasteiger partial charge is 0.335 e. The van der Waals surface area contributed by atoms with E-state index >= 15 is 0 Å². The van der Waals surface area contributed by atoms with Crippen LogP contribution in [-0.2, 0) is 4.79 Å². The number of anilines is 1. The highest BCUT2D eigenvalue weighted by Gasteiger charge is 2.25. The first-order valence-electron chi connectivity index (χ1n) is 6.70. The largest absolute Gasteiger partial charge is 0.478 e. The van der Waals surface area contributed by atoms with Crippen molar-refractivity contribution in [3.63, 3.8) is 0 Å². The van der Waals surface area contributed by atoms with Crippen LogP contribution >= 0.6 is 0 Å². The van der Waals surface area contributed by atoms with Crippen molar-refractivity contribution in [3.8, 4) is 0 Å². The number of aromatic nitrogens is 1. The van der Waals surface area contributed by atoms with E-state index in [9.17, 15) is 9.59 Å². The van der Waals surface area contributed by atoms with E-state index in [1.165, 1.54) is 0 Å². The van der Waals surface area contributed by atoms with E-state index in [0.29, 0.717) is 24.6 Å². The van der Waals surface area contributed by atoms with Crippen LogP contribution in [-0.4, -0.2) is 42.1 Å². The molecule has 1 aromatic heterocycles. The predicted molar refractivity (Wildman–Crippen MR) is 74.9 cm³/mol. The van der Waals surface area contributed by atoms with Crippen molar-refractivity contribution in [3.05, 3.63) is 23.4 Å². The van der Waals surface area contributed by atoms with Crippen LogP contribution < -0.4 is 10.2 Å². The third-order valence-corrected chi connectivity index (χ3v) is 3.62. The summed E-state index contributed by atoms with van der Waals surface area (Å²) in [4.78, 5) is 29.1. The van der Waals surface area contributed by atoms with Crippen molar-refractivity contribution in [1.29, 1.82) is 0 Å². The minimum absolute atomic E-state index is 0.0417. The Morgan fingerprint density at radius 3 is 2.55 bits per heavy atom. The maximum Gasteiger partial charge on any atom is 0.335 e. The van der Waals surface area contributed by atoms with Gasteiger partial charge in [-0.15, -0.1) is 0 Å². The lowest BCUT2D eigenvalue weighted by molar-refractivity contribution is -0.125. The van der Waals surface area contributed by atoms with Crippen LogP contribution in [0.15, 0.2) is 12.1 Å². The number of carbonyl (C=O) groups excluding carboxylic acids is 1. The molecule has 0 saturated carbocycles. The SMILES string of the molecule is CNC(=O)C1CCN(c2cc(C(=O)O)cc(C)n2)CC1. The summed E-state index contributed by atoms with van der Waals surface area (Å²) in [6.07, 6.45) is 1.52. The standard InChI is InChI=1S/C14H19N3O3/c1-9-7-11(14(19)20)8-12(16-9)17-5-3-10(4-6-17)13(18)15-2/h7-8,10H,3-6H2,1-2H3,(H,15,18)(H,19,20). The summed E-state index contributed by atoms with van der Waals surface area (Å²) in [5, 5.41) is 11.8. The van der Waals surface area contributed by atoms with Gasteiger partial charge in [-0.25, -0.2) is 9.78 Å². The second kappa shape index (κ2) is 5.90. The molecule has 1 aliphatic rings. The number of hydrogen-bond acceptors (Lipinski definition) is 4. The van der Waals surface area contributed by atoms with Crippen molar-refractivity contribution >= 4 is 17.7 Å². The molecule has 0 spiro atoms. The van der Waals surface area contributed by atoms with E-state index in [-0.39, 0.29) is 17.4 Å². The first-order chi connectivity index (χ1) is 9.51. The molecule has 2 N–H and O–H groups in total. The number of nitrogens with one attached hydrogen (secondary N) is 1. The zero-order valence-electron chi connectivity index (χ0n) is 11.7. The summed E-state index contributed by atoms with van der Waals surface area (Å²) in [7, 11) is 1.65. The van der Waals surface area contributed by atoms with Gasteiger partial charge in [0.2, 0.25) is 5.91 Å². The fourth-order valence-electron chi connectivity index (χ4n) is 2.51.